The van der Waals surface area contributed by atoms with Crippen LogP contribution in [0.3, 0.4) is 0 Å². The predicted molar refractivity (Wildman–Crippen MR) is 98.5 cm³/mol. The van der Waals surface area contributed by atoms with Crippen LogP contribution in [-0.4, -0.2) is 11.9 Å². The Morgan fingerprint density at radius 2 is 1.73 bits per heavy atom. The first-order valence-corrected chi connectivity index (χ1v) is 8.12. The van der Waals surface area contributed by atoms with E-state index in [4.69, 9.17) is 4.74 Å². The van der Waals surface area contributed by atoms with Crippen molar-refractivity contribution in [3.05, 3.63) is 69.9 Å². The van der Waals surface area contributed by atoms with E-state index in [0.29, 0.717) is 5.56 Å². The molecule has 2 rings (SSSR count). The third kappa shape index (κ3) is 5.18. The highest BCUT2D eigenvalue weighted by Crippen LogP contribution is 2.15. The van der Waals surface area contributed by atoms with Gasteiger partial charge in [-0.25, -0.2) is 0 Å². The number of ketones is 1. The molecule has 0 fully saturated rings. The normalized spacial score (nSPS) is 10.9. The summed E-state index contributed by atoms with van der Waals surface area (Å²) in [6.07, 6.45) is 3.30. The fraction of sp³-hybridized carbons (Fsp3) is 0.167. The number of benzene rings is 2. The van der Waals surface area contributed by atoms with E-state index >= 15 is 0 Å². The molecule has 0 atom stereocenters. The minimum Gasteiger partial charge on any atom is -0.491 e. The average molecular weight is 407 g/mol. The monoisotopic (exact) mass is 407 g/mol. The van der Waals surface area contributed by atoms with Crippen LogP contribution in [0.5, 0.6) is 5.75 Å². The summed E-state index contributed by atoms with van der Waals surface area (Å²) < 4.78 is 6.73. The third-order valence-electron chi connectivity index (χ3n) is 2.84. The van der Waals surface area contributed by atoms with Gasteiger partial charge >= 0.3 is 0 Å². The lowest BCUT2D eigenvalue weighted by Gasteiger charge is -2.09. The lowest BCUT2D eigenvalue weighted by molar-refractivity contribution is 0.104. The lowest BCUT2D eigenvalue weighted by atomic mass is 10.1. The Morgan fingerprint density at radius 3 is 2.32 bits per heavy atom. The quantitative estimate of drug-likeness (QED) is 0.421. The van der Waals surface area contributed by atoms with Crippen molar-refractivity contribution in [3.63, 3.8) is 0 Å². The molecule has 114 valence electrons. The summed E-state index contributed by atoms with van der Waals surface area (Å²) >= 11 is 2.25. The highest BCUT2D eigenvalue weighted by atomic mass is 127. The molecule has 0 heterocycles. The molecule has 22 heavy (non-hydrogen) atoms. The van der Waals surface area contributed by atoms with E-state index in [2.05, 4.69) is 27.9 Å². The second-order valence-corrected chi connectivity index (χ2v) is 6.29. The third-order valence-corrected chi connectivity index (χ3v) is 3.56. The fourth-order valence-electron chi connectivity index (χ4n) is 1.83. The molecule has 0 aliphatic carbocycles. The van der Waals surface area contributed by atoms with Gasteiger partial charge in [0.05, 0.1) is 6.10 Å². The summed E-state index contributed by atoms with van der Waals surface area (Å²) in [5.74, 6) is 0.724. The van der Waals surface area contributed by atoms with Gasteiger partial charge in [-0.1, -0.05) is 0 Å². The van der Waals surface area contributed by atoms with Gasteiger partial charge < -0.3 is 10.1 Å². The number of nitrogens with one attached hydrogen (secondary N) is 1. The van der Waals surface area contributed by atoms with Crippen LogP contribution in [0.15, 0.2) is 60.8 Å². The van der Waals surface area contributed by atoms with Crippen molar-refractivity contribution in [3.8, 4) is 5.75 Å². The number of allylic oxidation sites excluding steroid dienone is 1. The molecule has 0 unspecified atom stereocenters. The van der Waals surface area contributed by atoms with E-state index < -0.39 is 0 Å². The summed E-state index contributed by atoms with van der Waals surface area (Å²) in [6.45, 7) is 3.94. The number of anilines is 1. The Balaban J connectivity index is 1.93. The number of ether oxygens (including phenoxy) is 1. The van der Waals surface area contributed by atoms with Crippen molar-refractivity contribution in [1.29, 1.82) is 0 Å². The van der Waals surface area contributed by atoms with Crippen LogP contribution >= 0.6 is 22.6 Å². The minimum absolute atomic E-state index is 0.0471. The van der Waals surface area contributed by atoms with E-state index in [1.165, 1.54) is 9.65 Å². The van der Waals surface area contributed by atoms with Crippen molar-refractivity contribution in [2.45, 2.75) is 20.0 Å². The molecule has 2 aromatic carbocycles. The molecule has 0 aliphatic rings. The van der Waals surface area contributed by atoms with Gasteiger partial charge in [0.25, 0.3) is 0 Å². The molecule has 0 spiro atoms. The van der Waals surface area contributed by atoms with E-state index in [-0.39, 0.29) is 11.9 Å². The van der Waals surface area contributed by atoms with Gasteiger partial charge in [0, 0.05) is 27.1 Å². The van der Waals surface area contributed by atoms with E-state index in [1.807, 2.05) is 50.2 Å². The summed E-state index contributed by atoms with van der Waals surface area (Å²) in [5.41, 5.74) is 1.59. The van der Waals surface area contributed by atoms with Gasteiger partial charge in [-0.05, 0) is 85.0 Å². The summed E-state index contributed by atoms with van der Waals surface area (Å²) in [4.78, 5) is 12.1. The number of halogens is 1. The number of hydrogen-bond donors (Lipinski definition) is 1. The van der Waals surface area contributed by atoms with E-state index in [1.54, 1.807) is 18.3 Å². The first-order valence-electron chi connectivity index (χ1n) is 7.04. The Labute approximate surface area is 144 Å². The maximum Gasteiger partial charge on any atom is 0.187 e. The molecule has 0 radical (unpaired) electrons. The van der Waals surface area contributed by atoms with Crippen LogP contribution in [0.1, 0.15) is 24.2 Å². The van der Waals surface area contributed by atoms with Gasteiger partial charge in [-0.3, -0.25) is 4.79 Å². The van der Waals surface area contributed by atoms with Crippen molar-refractivity contribution in [2.75, 3.05) is 5.32 Å². The first kappa shape index (κ1) is 16.5. The predicted octanol–water partition coefficient (Wildman–Crippen LogP) is 4.89. The summed E-state index contributed by atoms with van der Waals surface area (Å²) in [5, 5.41) is 3.08. The second kappa shape index (κ2) is 7.98. The zero-order chi connectivity index (χ0) is 15.9. The molecule has 0 bridgehead atoms. The molecule has 1 N–H and O–H groups in total. The van der Waals surface area contributed by atoms with Crippen LogP contribution < -0.4 is 10.1 Å². The largest absolute Gasteiger partial charge is 0.491 e. The average Bonchev–Trinajstić information content (AvgIpc) is 2.49. The Hall–Kier alpha value is -1.82. The zero-order valence-corrected chi connectivity index (χ0v) is 14.7. The molecule has 0 aromatic heterocycles. The molecule has 0 amide bonds. The van der Waals surface area contributed by atoms with Crippen molar-refractivity contribution in [2.24, 2.45) is 0 Å². The molecular formula is C18H18INO2. The number of carbonyl (C=O) groups is 1. The lowest BCUT2D eigenvalue weighted by Crippen LogP contribution is -2.05. The number of hydrogen-bond acceptors (Lipinski definition) is 3. The zero-order valence-electron chi connectivity index (χ0n) is 12.5. The topological polar surface area (TPSA) is 38.3 Å². The molecule has 0 saturated carbocycles. The highest BCUT2D eigenvalue weighted by molar-refractivity contribution is 14.1. The first-order chi connectivity index (χ1) is 10.5. The Bertz CT molecular complexity index is 646. The molecule has 2 aromatic rings. The van der Waals surface area contributed by atoms with Crippen molar-refractivity contribution >= 4 is 34.1 Å². The van der Waals surface area contributed by atoms with Crippen molar-refractivity contribution in [1.82, 2.24) is 0 Å². The number of carbonyl (C=O) groups excluding carboxylic acids is 1. The molecule has 0 saturated heterocycles. The minimum atomic E-state index is -0.0471. The van der Waals surface area contributed by atoms with Gasteiger partial charge in [0.1, 0.15) is 5.75 Å². The van der Waals surface area contributed by atoms with Gasteiger partial charge in [0.15, 0.2) is 5.78 Å². The maximum atomic E-state index is 12.1. The molecule has 0 aliphatic heterocycles. The SMILES string of the molecule is CC(C)Oc1ccc(C(=O)C=CNc2ccc(I)cc2)cc1. The van der Waals surface area contributed by atoms with Crippen LogP contribution in [0.25, 0.3) is 0 Å². The van der Waals surface area contributed by atoms with Gasteiger partial charge in [-0.2, -0.15) is 0 Å². The molecule has 4 heteroatoms. The summed E-state index contributed by atoms with van der Waals surface area (Å²) in [6, 6.07) is 15.1. The Morgan fingerprint density at radius 1 is 1.09 bits per heavy atom. The van der Waals surface area contributed by atoms with E-state index in [0.717, 1.165) is 11.4 Å². The van der Waals surface area contributed by atoms with Crippen molar-refractivity contribution < 1.29 is 9.53 Å². The van der Waals surface area contributed by atoms with Crippen LogP contribution in [0.4, 0.5) is 5.69 Å². The van der Waals surface area contributed by atoms with Crippen LogP contribution in [0, 0.1) is 3.57 Å². The van der Waals surface area contributed by atoms with Gasteiger partial charge in [0.2, 0.25) is 0 Å². The second-order valence-electron chi connectivity index (χ2n) is 5.04. The van der Waals surface area contributed by atoms with Gasteiger partial charge in [-0.15, -0.1) is 0 Å². The highest BCUT2D eigenvalue weighted by Gasteiger charge is 2.03. The maximum absolute atomic E-state index is 12.1. The Kier molecular flexibility index (Phi) is 6.00. The molecule has 3 nitrogen and oxygen atoms in total. The summed E-state index contributed by atoms with van der Waals surface area (Å²) in [7, 11) is 0. The fourth-order valence-corrected chi connectivity index (χ4v) is 2.19. The standard InChI is InChI=1S/C18H18INO2/c1-13(2)22-17-9-3-14(4-10-17)18(21)11-12-20-16-7-5-15(19)6-8-16/h3-13,20H,1-2H3. The van der Waals surface area contributed by atoms with E-state index in [9.17, 15) is 4.79 Å². The molecular weight excluding hydrogens is 389 g/mol. The van der Waals surface area contributed by atoms with Crippen LogP contribution in [0.2, 0.25) is 0 Å². The van der Waals surface area contributed by atoms with Crippen LogP contribution in [-0.2, 0) is 0 Å². The number of rotatable bonds is 6. The smallest absolute Gasteiger partial charge is 0.187 e.